The smallest absolute Gasteiger partial charge is 0.137 e. The molecule has 1 aliphatic heterocycles. The van der Waals surface area contributed by atoms with Gasteiger partial charge >= 0.3 is 0 Å². The van der Waals surface area contributed by atoms with Crippen LogP contribution in [0, 0.1) is 0 Å². The normalized spacial score (nSPS) is 17.4. The molecule has 2 N–H and O–H groups in total. The summed E-state index contributed by atoms with van der Waals surface area (Å²) < 4.78 is 2.18. The van der Waals surface area contributed by atoms with Crippen LogP contribution in [0.15, 0.2) is 72.9 Å². The lowest BCUT2D eigenvalue weighted by Crippen LogP contribution is -2.37. The first kappa shape index (κ1) is 18.9. The Morgan fingerprint density at radius 2 is 1.63 bits per heavy atom. The Hall–Kier alpha value is -3.11. The van der Waals surface area contributed by atoms with Gasteiger partial charge in [0.2, 0.25) is 0 Å². The molecule has 0 saturated carbocycles. The van der Waals surface area contributed by atoms with Crippen LogP contribution in [-0.2, 0) is 6.54 Å². The Kier molecular flexibility index (Phi) is 5.01. The van der Waals surface area contributed by atoms with E-state index in [-0.39, 0.29) is 0 Å². The quantitative estimate of drug-likeness (QED) is 0.487. The van der Waals surface area contributed by atoms with Crippen molar-refractivity contribution in [1.29, 1.82) is 0 Å². The highest BCUT2D eigenvalue weighted by Crippen LogP contribution is 2.30. The minimum Gasteiger partial charge on any atom is -0.398 e. The van der Waals surface area contributed by atoms with Crippen molar-refractivity contribution >= 4 is 11.3 Å². The molecule has 2 aromatic carbocycles. The molecule has 0 aliphatic carbocycles. The summed E-state index contributed by atoms with van der Waals surface area (Å²) in [5, 5.41) is 0. The van der Waals surface area contributed by atoms with Gasteiger partial charge in [-0.2, -0.15) is 0 Å². The average Bonchev–Trinajstić information content (AvgIpc) is 3.13. The van der Waals surface area contributed by atoms with Gasteiger partial charge in [-0.1, -0.05) is 61.0 Å². The number of likely N-dealkylation sites (tertiary alicyclic amines) is 1. The number of piperidine rings is 1. The number of fused-ring (bicyclic) bond motifs is 1. The summed E-state index contributed by atoms with van der Waals surface area (Å²) in [6.45, 7) is 4.37. The van der Waals surface area contributed by atoms with Crippen LogP contribution in [0.5, 0.6) is 0 Å². The molecule has 1 fully saturated rings. The van der Waals surface area contributed by atoms with Gasteiger partial charge in [-0.3, -0.25) is 4.90 Å². The molecule has 5 rings (SSSR count). The topological polar surface area (TPSA) is 46.6 Å². The average molecular weight is 397 g/mol. The van der Waals surface area contributed by atoms with Crippen molar-refractivity contribution in [2.45, 2.75) is 38.8 Å². The minimum absolute atomic E-state index is 0.596. The molecule has 0 spiro atoms. The number of hydrogen-bond acceptors (Lipinski definition) is 3. The maximum absolute atomic E-state index is 6.12. The molecule has 4 heteroatoms. The molecule has 1 aliphatic rings. The number of aromatic nitrogens is 2. The fraction of sp³-hybridized carbons (Fsp3) is 0.269. The third kappa shape index (κ3) is 3.59. The van der Waals surface area contributed by atoms with Gasteiger partial charge in [-0.15, -0.1) is 0 Å². The van der Waals surface area contributed by atoms with Crippen molar-refractivity contribution in [2.75, 3.05) is 12.3 Å². The summed E-state index contributed by atoms with van der Waals surface area (Å²) in [5.74, 6) is 0. The summed E-state index contributed by atoms with van der Waals surface area (Å²) in [6.07, 6.45) is 5.87. The molecular weight excluding hydrogens is 368 g/mol. The van der Waals surface area contributed by atoms with Crippen LogP contribution < -0.4 is 5.73 Å². The van der Waals surface area contributed by atoms with Gasteiger partial charge in [0.1, 0.15) is 5.65 Å². The van der Waals surface area contributed by atoms with Crippen molar-refractivity contribution in [2.24, 2.45) is 0 Å². The van der Waals surface area contributed by atoms with E-state index in [4.69, 9.17) is 10.7 Å². The second-order valence-corrected chi connectivity index (χ2v) is 8.36. The van der Waals surface area contributed by atoms with Crippen molar-refractivity contribution in [1.82, 2.24) is 14.3 Å². The highest BCUT2D eigenvalue weighted by atomic mass is 15.2. The summed E-state index contributed by atoms with van der Waals surface area (Å²) in [4.78, 5) is 7.58. The molecule has 3 heterocycles. The van der Waals surface area contributed by atoms with E-state index in [0.717, 1.165) is 35.7 Å². The van der Waals surface area contributed by atoms with E-state index in [0.29, 0.717) is 6.04 Å². The van der Waals surface area contributed by atoms with E-state index in [2.05, 4.69) is 64.8 Å². The summed E-state index contributed by atoms with van der Waals surface area (Å²) in [7, 11) is 0. The summed E-state index contributed by atoms with van der Waals surface area (Å²) in [5.41, 5.74) is 13.7. The zero-order valence-corrected chi connectivity index (χ0v) is 17.5. The molecule has 0 bridgehead atoms. The largest absolute Gasteiger partial charge is 0.398 e. The van der Waals surface area contributed by atoms with E-state index in [1.807, 2.05) is 24.4 Å². The van der Waals surface area contributed by atoms with Crippen LogP contribution in [0.25, 0.3) is 28.0 Å². The molecule has 1 saturated heterocycles. The van der Waals surface area contributed by atoms with Crippen LogP contribution in [0.4, 0.5) is 5.69 Å². The van der Waals surface area contributed by atoms with Crippen molar-refractivity contribution in [3.05, 3.63) is 78.6 Å². The lowest BCUT2D eigenvalue weighted by Gasteiger charge is -2.33. The summed E-state index contributed by atoms with van der Waals surface area (Å²) >= 11 is 0. The number of rotatable bonds is 4. The Labute approximate surface area is 178 Å². The number of anilines is 1. The molecule has 152 valence electrons. The van der Waals surface area contributed by atoms with Gasteiger partial charge in [-0.25, -0.2) is 4.98 Å². The summed E-state index contributed by atoms with van der Waals surface area (Å²) in [6, 6.07) is 23.8. The van der Waals surface area contributed by atoms with Crippen molar-refractivity contribution in [3.63, 3.8) is 0 Å². The number of imidazole rings is 1. The van der Waals surface area contributed by atoms with E-state index in [9.17, 15) is 0 Å². The number of nitrogens with two attached hydrogens (primary N) is 1. The number of benzene rings is 2. The molecule has 0 radical (unpaired) electrons. The standard InChI is InChI=1S/C26H28N4/c1-19-7-5-6-16-29(19)18-24-26(28-25-15-14-23(27)17-30(24)25)22-12-10-21(11-13-22)20-8-3-2-4-9-20/h2-4,8-15,17,19H,5-7,16,18,27H2,1H3. The monoisotopic (exact) mass is 396 g/mol. The molecule has 2 aromatic heterocycles. The van der Waals surface area contributed by atoms with Gasteiger partial charge in [-0.05, 0) is 49.6 Å². The highest BCUT2D eigenvalue weighted by Gasteiger charge is 2.22. The first-order chi connectivity index (χ1) is 14.7. The molecule has 1 unspecified atom stereocenters. The Bertz CT molecular complexity index is 1150. The van der Waals surface area contributed by atoms with Crippen LogP contribution in [0.2, 0.25) is 0 Å². The van der Waals surface area contributed by atoms with Gasteiger partial charge < -0.3 is 10.1 Å². The van der Waals surface area contributed by atoms with Crippen LogP contribution in [-0.4, -0.2) is 26.9 Å². The minimum atomic E-state index is 0.596. The van der Waals surface area contributed by atoms with E-state index in [1.54, 1.807) is 0 Å². The fourth-order valence-electron chi connectivity index (χ4n) is 4.53. The molecule has 0 amide bonds. The van der Waals surface area contributed by atoms with Crippen LogP contribution >= 0.6 is 0 Å². The number of nitrogen functional groups attached to an aromatic ring is 1. The SMILES string of the molecule is CC1CCCCN1Cc1c(-c2ccc(-c3ccccc3)cc2)nc2ccc(N)cn12. The van der Waals surface area contributed by atoms with Gasteiger partial charge in [0, 0.05) is 30.0 Å². The lowest BCUT2D eigenvalue weighted by molar-refractivity contribution is 0.151. The number of nitrogens with zero attached hydrogens (tertiary/aromatic N) is 3. The maximum atomic E-state index is 6.12. The predicted molar refractivity (Wildman–Crippen MR) is 124 cm³/mol. The van der Waals surface area contributed by atoms with Gasteiger partial charge in [0.25, 0.3) is 0 Å². The van der Waals surface area contributed by atoms with Gasteiger partial charge in [0.05, 0.1) is 11.4 Å². The second kappa shape index (κ2) is 7.96. The highest BCUT2D eigenvalue weighted by molar-refractivity contribution is 5.72. The van der Waals surface area contributed by atoms with Gasteiger partial charge in [0.15, 0.2) is 0 Å². The number of hydrogen-bond donors (Lipinski definition) is 1. The predicted octanol–water partition coefficient (Wildman–Crippen LogP) is 5.62. The Morgan fingerprint density at radius 1 is 0.900 bits per heavy atom. The molecule has 4 aromatic rings. The fourth-order valence-corrected chi connectivity index (χ4v) is 4.53. The first-order valence-corrected chi connectivity index (χ1v) is 10.9. The molecular formula is C26H28N4. The zero-order valence-electron chi connectivity index (χ0n) is 17.5. The Morgan fingerprint density at radius 3 is 2.40 bits per heavy atom. The van der Waals surface area contributed by atoms with E-state index < -0.39 is 0 Å². The lowest BCUT2D eigenvalue weighted by atomic mass is 10.0. The Balaban J connectivity index is 1.56. The third-order valence-electron chi connectivity index (χ3n) is 6.30. The van der Waals surface area contributed by atoms with E-state index >= 15 is 0 Å². The first-order valence-electron chi connectivity index (χ1n) is 10.9. The molecule has 1 atom stereocenters. The van der Waals surface area contributed by atoms with Crippen LogP contribution in [0.3, 0.4) is 0 Å². The number of pyridine rings is 1. The zero-order chi connectivity index (χ0) is 20.5. The second-order valence-electron chi connectivity index (χ2n) is 8.36. The maximum Gasteiger partial charge on any atom is 0.137 e. The molecule has 30 heavy (non-hydrogen) atoms. The van der Waals surface area contributed by atoms with Crippen molar-refractivity contribution < 1.29 is 0 Å². The van der Waals surface area contributed by atoms with Crippen LogP contribution in [0.1, 0.15) is 31.9 Å². The third-order valence-corrected chi connectivity index (χ3v) is 6.30. The molecule has 4 nitrogen and oxygen atoms in total. The van der Waals surface area contributed by atoms with E-state index in [1.165, 1.54) is 36.1 Å². The van der Waals surface area contributed by atoms with Crippen molar-refractivity contribution in [3.8, 4) is 22.4 Å².